The molecule has 0 saturated carbocycles. The lowest BCUT2D eigenvalue weighted by Crippen LogP contribution is -2.14. The van der Waals surface area contributed by atoms with E-state index in [4.69, 9.17) is 11.6 Å². The van der Waals surface area contributed by atoms with Crippen molar-refractivity contribution in [1.29, 1.82) is 0 Å². The van der Waals surface area contributed by atoms with Gasteiger partial charge < -0.3 is 11.6 Å². The van der Waals surface area contributed by atoms with Crippen molar-refractivity contribution in [3.63, 3.8) is 0 Å². The largest absolute Gasteiger partial charge is 0.382 e. The molecule has 4 N–H and O–H groups in total. The zero-order valence-corrected chi connectivity index (χ0v) is 9.87. The molecule has 0 atom stereocenters. The molecule has 2 rings (SSSR count). The van der Waals surface area contributed by atoms with Gasteiger partial charge in [0.2, 0.25) is 0 Å². The first-order chi connectivity index (χ1) is 8.04. The van der Waals surface area contributed by atoms with Gasteiger partial charge >= 0.3 is 0 Å². The van der Waals surface area contributed by atoms with Gasteiger partial charge in [0.05, 0.1) is 0 Å². The second kappa shape index (κ2) is 4.08. The van der Waals surface area contributed by atoms with Gasteiger partial charge in [0.15, 0.2) is 5.82 Å². The Bertz CT molecular complexity index is 560. The van der Waals surface area contributed by atoms with E-state index in [0.29, 0.717) is 29.3 Å². The van der Waals surface area contributed by atoms with E-state index in [0.717, 1.165) is 5.56 Å². The summed E-state index contributed by atoms with van der Waals surface area (Å²) in [5.74, 6) is 6.50. The van der Waals surface area contributed by atoms with E-state index >= 15 is 0 Å². The molecule has 1 aromatic heterocycles. The van der Waals surface area contributed by atoms with E-state index in [-0.39, 0.29) is 5.82 Å². The molecule has 0 unspecified atom stereocenters. The number of anilines is 1. The van der Waals surface area contributed by atoms with Crippen LogP contribution in [0.2, 0.25) is 0 Å². The number of rotatable bonds is 2. The van der Waals surface area contributed by atoms with Gasteiger partial charge in [-0.05, 0) is 24.6 Å². The second-order valence-corrected chi connectivity index (χ2v) is 3.94. The highest BCUT2D eigenvalue weighted by Gasteiger charge is 2.15. The SMILES string of the molecule is CCc1nc(-c2cc(F)ccc2C)c(N)n1N. The molecule has 90 valence electrons. The van der Waals surface area contributed by atoms with Gasteiger partial charge in [-0.15, -0.1) is 0 Å². The Balaban J connectivity index is 2.64. The first kappa shape index (κ1) is 11.4. The number of hydrogen-bond donors (Lipinski definition) is 2. The summed E-state index contributed by atoms with van der Waals surface area (Å²) in [7, 11) is 0. The van der Waals surface area contributed by atoms with E-state index in [9.17, 15) is 4.39 Å². The van der Waals surface area contributed by atoms with Gasteiger partial charge in [-0.1, -0.05) is 13.0 Å². The maximum absolute atomic E-state index is 13.2. The minimum Gasteiger partial charge on any atom is -0.382 e. The van der Waals surface area contributed by atoms with Crippen LogP contribution in [-0.2, 0) is 6.42 Å². The molecule has 1 heterocycles. The third kappa shape index (κ3) is 1.84. The van der Waals surface area contributed by atoms with Gasteiger partial charge in [-0.3, -0.25) is 0 Å². The first-order valence-electron chi connectivity index (χ1n) is 5.43. The summed E-state index contributed by atoms with van der Waals surface area (Å²) in [5, 5.41) is 0. The minimum absolute atomic E-state index is 0.311. The number of halogens is 1. The van der Waals surface area contributed by atoms with E-state index < -0.39 is 0 Å². The van der Waals surface area contributed by atoms with Gasteiger partial charge in [0, 0.05) is 12.0 Å². The zero-order chi connectivity index (χ0) is 12.6. The maximum Gasteiger partial charge on any atom is 0.150 e. The third-order valence-corrected chi connectivity index (χ3v) is 2.79. The van der Waals surface area contributed by atoms with Crippen molar-refractivity contribution < 1.29 is 4.39 Å². The lowest BCUT2D eigenvalue weighted by molar-refractivity contribution is 0.628. The van der Waals surface area contributed by atoms with Crippen molar-refractivity contribution in [3.8, 4) is 11.3 Å². The number of benzene rings is 1. The predicted molar refractivity (Wildman–Crippen MR) is 66.3 cm³/mol. The summed E-state index contributed by atoms with van der Waals surface area (Å²) >= 11 is 0. The quantitative estimate of drug-likeness (QED) is 0.779. The average molecular weight is 234 g/mol. The van der Waals surface area contributed by atoms with Crippen molar-refractivity contribution >= 4 is 5.82 Å². The Kier molecular flexibility index (Phi) is 2.75. The van der Waals surface area contributed by atoms with Gasteiger partial charge in [0.25, 0.3) is 0 Å². The Morgan fingerprint density at radius 3 is 2.71 bits per heavy atom. The van der Waals surface area contributed by atoms with Crippen molar-refractivity contribution in [2.75, 3.05) is 11.6 Å². The molecule has 0 aliphatic rings. The molecular weight excluding hydrogens is 219 g/mol. The Hall–Kier alpha value is -2.04. The van der Waals surface area contributed by atoms with Gasteiger partial charge in [0.1, 0.15) is 17.3 Å². The standard InChI is InChI=1S/C12H15FN4/c1-3-10-16-11(12(14)17(10)15)9-6-8(13)5-4-7(9)2/h4-6H,3,14-15H2,1-2H3. The van der Waals surface area contributed by atoms with E-state index in [1.165, 1.54) is 16.8 Å². The fraction of sp³-hybridized carbons (Fsp3) is 0.250. The zero-order valence-electron chi connectivity index (χ0n) is 9.87. The number of aryl methyl sites for hydroxylation is 2. The van der Waals surface area contributed by atoms with Crippen molar-refractivity contribution in [1.82, 2.24) is 9.66 Å². The summed E-state index contributed by atoms with van der Waals surface area (Å²) in [6.45, 7) is 3.82. The van der Waals surface area contributed by atoms with Crippen LogP contribution in [0.25, 0.3) is 11.3 Å². The predicted octanol–water partition coefficient (Wildman–Crippen LogP) is 1.86. The number of imidazole rings is 1. The fourth-order valence-corrected chi connectivity index (χ4v) is 1.79. The van der Waals surface area contributed by atoms with Crippen LogP contribution in [0.15, 0.2) is 18.2 Å². The highest BCUT2D eigenvalue weighted by atomic mass is 19.1. The summed E-state index contributed by atoms with van der Waals surface area (Å²) in [6.07, 6.45) is 0.676. The third-order valence-electron chi connectivity index (χ3n) is 2.79. The topological polar surface area (TPSA) is 69.9 Å². The molecule has 2 aromatic rings. The molecule has 0 aliphatic heterocycles. The van der Waals surface area contributed by atoms with Gasteiger partial charge in [-0.25, -0.2) is 14.1 Å². The molecule has 4 nitrogen and oxygen atoms in total. The summed E-state index contributed by atoms with van der Waals surface area (Å²) < 4.78 is 14.6. The Morgan fingerprint density at radius 1 is 1.41 bits per heavy atom. The number of nitrogens with two attached hydrogens (primary N) is 2. The molecule has 0 saturated heterocycles. The Labute approximate surface area is 99.0 Å². The number of nitrogens with zero attached hydrogens (tertiary/aromatic N) is 2. The van der Waals surface area contributed by atoms with Crippen LogP contribution in [-0.4, -0.2) is 9.66 Å². The lowest BCUT2D eigenvalue weighted by atomic mass is 10.1. The highest BCUT2D eigenvalue weighted by Crippen LogP contribution is 2.28. The molecule has 0 radical (unpaired) electrons. The van der Waals surface area contributed by atoms with Gasteiger partial charge in [-0.2, -0.15) is 0 Å². The van der Waals surface area contributed by atoms with Crippen LogP contribution >= 0.6 is 0 Å². The number of nitrogen functional groups attached to an aromatic ring is 2. The lowest BCUT2D eigenvalue weighted by Gasteiger charge is -2.04. The number of hydrogen-bond acceptors (Lipinski definition) is 3. The highest BCUT2D eigenvalue weighted by molar-refractivity contribution is 5.73. The molecule has 0 bridgehead atoms. The summed E-state index contributed by atoms with van der Waals surface area (Å²) in [5.41, 5.74) is 8.02. The van der Waals surface area contributed by atoms with E-state index in [2.05, 4.69) is 4.98 Å². The molecule has 0 fully saturated rings. The van der Waals surface area contributed by atoms with E-state index in [1.54, 1.807) is 6.07 Å². The first-order valence-corrected chi connectivity index (χ1v) is 5.43. The molecule has 1 aromatic carbocycles. The van der Waals surface area contributed by atoms with Crippen LogP contribution in [0, 0.1) is 12.7 Å². The fourth-order valence-electron chi connectivity index (χ4n) is 1.79. The smallest absolute Gasteiger partial charge is 0.150 e. The molecule has 5 heteroatoms. The average Bonchev–Trinajstić information content (AvgIpc) is 2.59. The molecule has 0 spiro atoms. The molecule has 0 amide bonds. The van der Waals surface area contributed by atoms with Crippen LogP contribution in [0.4, 0.5) is 10.2 Å². The Morgan fingerprint density at radius 2 is 2.12 bits per heavy atom. The summed E-state index contributed by atoms with van der Waals surface area (Å²) in [6, 6.07) is 4.54. The summed E-state index contributed by atoms with van der Waals surface area (Å²) in [4.78, 5) is 4.35. The van der Waals surface area contributed by atoms with Crippen LogP contribution in [0.5, 0.6) is 0 Å². The minimum atomic E-state index is -0.311. The van der Waals surface area contributed by atoms with Crippen LogP contribution < -0.4 is 11.6 Å². The molecular formula is C12H15FN4. The van der Waals surface area contributed by atoms with Crippen LogP contribution in [0.3, 0.4) is 0 Å². The second-order valence-electron chi connectivity index (χ2n) is 3.94. The number of aromatic nitrogens is 2. The van der Waals surface area contributed by atoms with Crippen molar-refractivity contribution in [2.24, 2.45) is 0 Å². The monoisotopic (exact) mass is 234 g/mol. The normalized spacial score (nSPS) is 10.8. The van der Waals surface area contributed by atoms with Crippen LogP contribution in [0.1, 0.15) is 18.3 Å². The van der Waals surface area contributed by atoms with Crippen molar-refractivity contribution in [2.45, 2.75) is 20.3 Å². The maximum atomic E-state index is 13.2. The van der Waals surface area contributed by atoms with E-state index in [1.807, 2.05) is 13.8 Å². The molecule has 0 aliphatic carbocycles. The van der Waals surface area contributed by atoms with Crippen molar-refractivity contribution in [3.05, 3.63) is 35.4 Å². The molecule has 17 heavy (non-hydrogen) atoms.